The third-order valence-corrected chi connectivity index (χ3v) is 2.34. The molecule has 0 amide bonds. The van der Waals surface area contributed by atoms with E-state index in [1.54, 1.807) is 0 Å². The minimum atomic E-state index is -1.64. The second-order valence-electron chi connectivity index (χ2n) is 3.60. The molecule has 1 N–H and O–H groups in total. The van der Waals surface area contributed by atoms with Crippen LogP contribution in [0.5, 0.6) is 0 Å². The predicted octanol–water partition coefficient (Wildman–Crippen LogP) is 1.10. The second kappa shape index (κ2) is 5.04. The Bertz CT molecular complexity index is 629. The first kappa shape index (κ1) is 13.0. The number of aliphatic carboxylic acids is 1. The van der Waals surface area contributed by atoms with Gasteiger partial charge in [0.1, 0.15) is 5.69 Å². The highest BCUT2D eigenvalue weighted by Crippen LogP contribution is 2.19. The molecule has 2 aromatic rings. The minimum absolute atomic E-state index is 0.0345. The topological polar surface area (TPSA) is 80.9 Å². The Morgan fingerprint density at radius 2 is 2.00 bits per heavy atom. The van der Waals surface area contributed by atoms with Crippen LogP contribution in [0.2, 0.25) is 0 Å². The van der Waals surface area contributed by atoms with Gasteiger partial charge in [-0.3, -0.25) is 4.79 Å². The first-order valence-corrected chi connectivity index (χ1v) is 5.13. The highest BCUT2D eigenvalue weighted by Gasteiger charge is 2.18. The van der Waals surface area contributed by atoms with E-state index in [1.165, 1.54) is 0 Å². The van der Waals surface area contributed by atoms with Gasteiger partial charge in [-0.15, -0.1) is 5.10 Å². The Hall–Kier alpha value is -2.45. The molecule has 1 heterocycles. The van der Waals surface area contributed by atoms with Crippen LogP contribution in [0.1, 0.15) is 12.2 Å². The molecule has 0 bridgehead atoms. The molecule has 100 valence electrons. The molecule has 2 rings (SSSR count). The second-order valence-corrected chi connectivity index (χ2v) is 3.60. The molecule has 0 aliphatic heterocycles. The van der Waals surface area contributed by atoms with Gasteiger partial charge in [0, 0.05) is 6.42 Å². The SMILES string of the molecule is O=C(O)CCc1nnnn1-c1ccc(F)c(F)c1F. The molecule has 6 nitrogen and oxygen atoms in total. The largest absolute Gasteiger partial charge is 0.481 e. The van der Waals surface area contributed by atoms with E-state index in [1.807, 2.05) is 0 Å². The third kappa shape index (κ3) is 2.54. The summed E-state index contributed by atoms with van der Waals surface area (Å²) in [6, 6.07) is 1.70. The molecule has 9 heteroatoms. The molecule has 0 fully saturated rings. The summed E-state index contributed by atoms with van der Waals surface area (Å²) >= 11 is 0. The molecule has 0 unspecified atom stereocenters. The van der Waals surface area contributed by atoms with Gasteiger partial charge in [0.25, 0.3) is 0 Å². The zero-order valence-corrected chi connectivity index (χ0v) is 9.35. The highest BCUT2D eigenvalue weighted by atomic mass is 19.2. The van der Waals surface area contributed by atoms with Gasteiger partial charge in [0.05, 0.1) is 6.42 Å². The van der Waals surface area contributed by atoms with Crippen LogP contribution in [-0.2, 0) is 11.2 Å². The predicted molar refractivity (Wildman–Crippen MR) is 55.0 cm³/mol. The first-order chi connectivity index (χ1) is 9.00. The maximum absolute atomic E-state index is 13.6. The lowest BCUT2D eigenvalue weighted by molar-refractivity contribution is -0.137. The fraction of sp³-hybridized carbons (Fsp3) is 0.200. The molecule has 0 saturated heterocycles. The number of halogens is 3. The Labute approximate surface area is 104 Å². The van der Waals surface area contributed by atoms with Crippen molar-refractivity contribution in [2.75, 3.05) is 0 Å². The Kier molecular flexibility index (Phi) is 3.45. The summed E-state index contributed by atoms with van der Waals surface area (Å²) in [7, 11) is 0. The average Bonchev–Trinajstić information content (AvgIpc) is 2.82. The van der Waals surface area contributed by atoms with Crippen LogP contribution in [0.4, 0.5) is 13.2 Å². The Morgan fingerprint density at radius 3 is 2.68 bits per heavy atom. The van der Waals surface area contributed by atoms with Crippen molar-refractivity contribution in [2.24, 2.45) is 0 Å². The molecule has 0 saturated carbocycles. The molecule has 0 atom stereocenters. The summed E-state index contributed by atoms with van der Waals surface area (Å²) in [5, 5.41) is 18.7. The van der Waals surface area contributed by atoms with Crippen molar-refractivity contribution >= 4 is 5.97 Å². The van der Waals surface area contributed by atoms with Gasteiger partial charge in [-0.05, 0) is 22.6 Å². The van der Waals surface area contributed by atoms with E-state index < -0.39 is 23.4 Å². The lowest BCUT2D eigenvalue weighted by Crippen LogP contribution is -2.09. The summed E-state index contributed by atoms with van der Waals surface area (Å²) < 4.78 is 40.3. The summed E-state index contributed by atoms with van der Waals surface area (Å²) in [5.74, 6) is -5.46. The summed E-state index contributed by atoms with van der Waals surface area (Å²) in [6.07, 6.45) is -0.341. The number of carboxylic acid groups (broad SMARTS) is 1. The third-order valence-electron chi connectivity index (χ3n) is 2.34. The normalized spacial score (nSPS) is 10.7. The first-order valence-electron chi connectivity index (χ1n) is 5.13. The number of carbonyl (C=O) groups is 1. The molecular weight excluding hydrogens is 265 g/mol. The molecule has 0 spiro atoms. The van der Waals surface area contributed by atoms with Crippen LogP contribution in [0.15, 0.2) is 12.1 Å². The van der Waals surface area contributed by atoms with Crippen molar-refractivity contribution in [3.05, 3.63) is 35.4 Å². The zero-order valence-electron chi connectivity index (χ0n) is 9.35. The quantitative estimate of drug-likeness (QED) is 0.843. The van der Waals surface area contributed by atoms with Crippen LogP contribution in [0, 0.1) is 17.5 Å². The summed E-state index contributed by atoms with van der Waals surface area (Å²) in [5.41, 5.74) is -0.385. The van der Waals surface area contributed by atoms with E-state index in [-0.39, 0.29) is 24.4 Å². The van der Waals surface area contributed by atoms with Crippen LogP contribution in [-0.4, -0.2) is 31.3 Å². The van der Waals surface area contributed by atoms with Crippen molar-refractivity contribution in [1.82, 2.24) is 20.2 Å². The van der Waals surface area contributed by atoms with Crippen LogP contribution >= 0.6 is 0 Å². The van der Waals surface area contributed by atoms with Crippen molar-refractivity contribution < 1.29 is 23.1 Å². The molecule has 1 aromatic carbocycles. The van der Waals surface area contributed by atoms with E-state index in [2.05, 4.69) is 15.5 Å². The number of rotatable bonds is 4. The molecule has 0 radical (unpaired) electrons. The number of tetrazole rings is 1. The van der Waals surface area contributed by atoms with E-state index >= 15 is 0 Å². The van der Waals surface area contributed by atoms with Crippen molar-refractivity contribution in [3.8, 4) is 5.69 Å². The van der Waals surface area contributed by atoms with Gasteiger partial charge in [-0.1, -0.05) is 0 Å². The lowest BCUT2D eigenvalue weighted by atomic mass is 10.2. The van der Waals surface area contributed by atoms with Gasteiger partial charge in [0.2, 0.25) is 0 Å². The van der Waals surface area contributed by atoms with E-state index in [9.17, 15) is 18.0 Å². The number of aromatic nitrogens is 4. The van der Waals surface area contributed by atoms with Crippen molar-refractivity contribution in [3.63, 3.8) is 0 Å². The zero-order chi connectivity index (χ0) is 14.0. The number of hydrogen-bond donors (Lipinski definition) is 1. The van der Waals surface area contributed by atoms with Gasteiger partial charge in [-0.25, -0.2) is 13.2 Å². The standard InChI is InChI=1S/C10H7F3N4O2/c11-5-1-2-6(10(13)9(5)12)17-7(14-15-16-17)3-4-8(18)19/h1-2H,3-4H2,(H,18,19). The number of nitrogens with zero attached hydrogens (tertiary/aromatic N) is 4. The number of benzene rings is 1. The molecule has 0 aliphatic rings. The smallest absolute Gasteiger partial charge is 0.303 e. The maximum atomic E-state index is 13.6. The Morgan fingerprint density at radius 1 is 1.26 bits per heavy atom. The number of aryl methyl sites for hydroxylation is 1. The monoisotopic (exact) mass is 272 g/mol. The molecule has 0 aliphatic carbocycles. The van der Waals surface area contributed by atoms with Crippen molar-refractivity contribution in [1.29, 1.82) is 0 Å². The Balaban J connectivity index is 2.40. The van der Waals surface area contributed by atoms with Crippen LogP contribution < -0.4 is 0 Å². The van der Waals surface area contributed by atoms with E-state index in [4.69, 9.17) is 5.11 Å². The van der Waals surface area contributed by atoms with Gasteiger partial charge in [0.15, 0.2) is 23.3 Å². The van der Waals surface area contributed by atoms with Crippen LogP contribution in [0.3, 0.4) is 0 Å². The van der Waals surface area contributed by atoms with Gasteiger partial charge >= 0.3 is 5.97 Å². The summed E-state index contributed by atoms with van der Waals surface area (Å²) in [4.78, 5) is 10.4. The molecule has 19 heavy (non-hydrogen) atoms. The van der Waals surface area contributed by atoms with Gasteiger partial charge in [-0.2, -0.15) is 4.68 Å². The number of hydrogen-bond acceptors (Lipinski definition) is 4. The van der Waals surface area contributed by atoms with E-state index in [0.29, 0.717) is 0 Å². The lowest BCUT2D eigenvalue weighted by Gasteiger charge is -2.06. The van der Waals surface area contributed by atoms with Crippen molar-refractivity contribution in [2.45, 2.75) is 12.8 Å². The van der Waals surface area contributed by atoms with Crippen LogP contribution in [0.25, 0.3) is 5.69 Å². The fourth-order valence-corrected chi connectivity index (χ4v) is 1.45. The maximum Gasteiger partial charge on any atom is 0.303 e. The fourth-order valence-electron chi connectivity index (χ4n) is 1.45. The minimum Gasteiger partial charge on any atom is -0.481 e. The summed E-state index contributed by atoms with van der Waals surface area (Å²) in [6.45, 7) is 0. The van der Waals surface area contributed by atoms with E-state index in [0.717, 1.165) is 16.8 Å². The highest BCUT2D eigenvalue weighted by molar-refractivity contribution is 5.66. The molecular formula is C10H7F3N4O2. The molecule has 1 aromatic heterocycles. The number of carboxylic acids is 1. The van der Waals surface area contributed by atoms with Gasteiger partial charge < -0.3 is 5.11 Å². The average molecular weight is 272 g/mol.